The fraction of sp³-hybridized carbons (Fsp3) is 0.333. The van der Waals surface area contributed by atoms with E-state index < -0.39 is 0 Å². The van der Waals surface area contributed by atoms with Gasteiger partial charge in [0.25, 0.3) is 0 Å². The average molecular weight is 340 g/mol. The van der Waals surface area contributed by atoms with Gasteiger partial charge in [-0.1, -0.05) is 0 Å². The van der Waals surface area contributed by atoms with Crippen molar-refractivity contribution in [3.63, 3.8) is 0 Å². The molecule has 9 heavy (non-hydrogen) atoms. The minimum Gasteiger partial charge on any atom is -1.00 e. The van der Waals surface area contributed by atoms with E-state index in [0.717, 1.165) is 0 Å². The first-order valence-corrected chi connectivity index (χ1v) is 3.58. The van der Waals surface area contributed by atoms with Gasteiger partial charge in [0, 0.05) is 0 Å². The molecule has 0 N–H and O–H groups in total. The van der Waals surface area contributed by atoms with Crippen molar-refractivity contribution in [2.45, 2.75) is 13.3 Å². The maximum absolute atomic E-state index is 2.21. The van der Waals surface area contributed by atoms with E-state index in [2.05, 4.69) is 19.1 Å². The zero-order chi connectivity index (χ0) is 5.28. The molecule has 0 radical (unpaired) electrons. The Hall–Kier alpha value is 0.696. The molecular weight excluding hydrogens is 333 g/mol. The molecule has 0 aromatic rings. The van der Waals surface area contributed by atoms with Gasteiger partial charge in [0.2, 0.25) is 0 Å². The van der Waals surface area contributed by atoms with Crippen molar-refractivity contribution in [1.82, 2.24) is 0 Å². The van der Waals surface area contributed by atoms with Gasteiger partial charge < -0.3 is 24.8 Å². The maximum atomic E-state index is 2.21. The van der Waals surface area contributed by atoms with E-state index in [1.54, 1.807) is 4.13 Å². The van der Waals surface area contributed by atoms with Crippen LogP contribution in [-0.2, 0) is 18.6 Å². The molecule has 0 fully saturated rings. The Kier molecular flexibility index (Phi) is 7.54. The summed E-state index contributed by atoms with van der Waals surface area (Å²) in [6.45, 7) is 2.16. The third-order valence-corrected chi connectivity index (χ3v) is 2.60. The minimum absolute atomic E-state index is 0. The van der Waals surface area contributed by atoms with Crippen LogP contribution in [0.4, 0.5) is 0 Å². The van der Waals surface area contributed by atoms with Crippen molar-refractivity contribution >= 4 is 0 Å². The molecule has 0 aromatic heterocycles. The van der Waals surface area contributed by atoms with Crippen LogP contribution in [0.5, 0.6) is 0 Å². The van der Waals surface area contributed by atoms with Crippen molar-refractivity contribution in [3.05, 3.63) is 21.9 Å². The van der Waals surface area contributed by atoms with Gasteiger partial charge in [0.05, 0.1) is 0 Å². The first-order chi connectivity index (χ1) is 3.30. The molecule has 1 aliphatic carbocycles. The summed E-state index contributed by atoms with van der Waals surface area (Å²) >= 11 is 1.99. The molecule has 0 atom stereocenters. The molecule has 0 nitrogen and oxygen atoms in total. The van der Waals surface area contributed by atoms with Gasteiger partial charge in [-0.05, 0) is 0 Å². The zero-order valence-corrected chi connectivity index (χ0v) is 9.02. The second-order valence-corrected chi connectivity index (χ2v) is 3.21. The van der Waals surface area contributed by atoms with Gasteiger partial charge in [0.15, 0.2) is 0 Å². The predicted molar refractivity (Wildman–Crippen MR) is 26.5 cm³/mol. The van der Waals surface area contributed by atoms with Crippen LogP contribution >= 0.6 is 0 Å². The minimum atomic E-state index is 0. The Bertz CT molecular complexity index is 138. The standard InChI is InChI=1S/C6H7.2ClH.Os/c1-6-4-2-3-5-6;;;/h2,4H,3H2,1H3;2*1H;/q;;;+2/p-2. The Morgan fingerprint density at radius 3 is 2.11 bits per heavy atom. The maximum Gasteiger partial charge on any atom is -1.00 e. The number of rotatable bonds is 0. The summed E-state index contributed by atoms with van der Waals surface area (Å²) < 4.78 is 1.54. The monoisotopic (exact) mass is 341 g/mol. The van der Waals surface area contributed by atoms with Gasteiger partial charge in [-0.2, -0.15) is 0 Å². The third-order valence-electron chi connectivity index (χ3n) is 1.08. The van der Waals surface area contributed by atoms with Gasteiger partial charge in [-0.25, -0.2) is 0 Å². The van der Waals surface area contributed by atoms with E-state index in [4.69, 9.17) is 0 Å². The second-order valence-electron chi connectivity index (χ2n) is 1.68. The van der Waals surface area contributed by atoms with Gasteiger partial charge in [-0.3, -0.25) is 0 Å². The normalized spacial score (nSPS) is 14.8. The Morgan fingerprint density at radius 2 is 2.00 bits per heavy atom. The van der Waals surface area contributed by atoms with E-state index in [9.17, 15) is 0 Å². The van der Waals surface area contributed by atoms with Crippen LogP contribution in [0.3, 0.4) is 0 Å². The van der Waals surface area contributed by atoms with Crippen LogP contribution in [-0.4, -0.2) is 0 Å². The SMILES string of the molecule is CC1=[C]([Os+2])CC=C1.[Cl-].[Cl-]. The van der Waals surface area contributed by atoms with Crippen LogP contribution in [0.1, 0.15) is 13.3 Å². The molecule has 0 heterocycles. The second kappa shape index (κ2) is 5.48. The molecule has 3 heteroatoms. The molecule has 0 saturated carbocycles. The first kappa shape index (κ1) is 12.4. The fourth-order valence-corrected chi connectivity index (χ4v) is 1.10. The van der Waals surface area contributed by atoms with Crippen molar-refractivity contribution in [2.24, 2.45) is 0 Å². The Balaban J connectivity index is 0. The van der Waals surface area contributed by atoms with Crippen molar-refractivity contribution in [1.29, 1.82) is 0 Å². The number of hydrogen-bond donors (Lipinski definition) is 0. The van der Waals surface area contributed by atoms with Gasteiger partial charge in [0.1, 0.15) is 0 Å². The molecule has 0 spiro atoms. The van der Waals surface area contributed by atoms with Crippen LogP contribution in [0.2, 0.25) is 0 Å². The summed E-state index contributed by atoms with van der Waals surface area (Å²) in [5, 5.41) is 0. The molecule has 0 amide bonds. The molecule has 1 aliphatic rings. The quantitative estimate of drug-likeness (QED) is 0.419. The molecule has 0 unspecified atom stereocenters. The molecule has 0 bridgehead atoms. The van der Waals surface area contributed by atoms with Crippen molar-refractivity contribution < 1.29 is 43.4 Å². The fourth-order valence-electron chi connectivity index (χ4n) is 0.586. The molecular formula is C6H7Cl2Os. The topological polar surface area (TPSA) is 0 Å². The van der Waals surface area contributed by atoms with Gasteiger partial charge >= 0.3 is 53.8 Å². The van der Waals surface area contributed by atoms with Crippen LogP contribution in [0.15, 0.2) is 21.9 Å². The molecule has 0 saturated heterocycles. The van der Waals surface area contributed by atoms with Crippen LogP contribution in [0.25, 0.3) is 0 Å². The van der Waals surface area contributed by atoms with E-state index >= 15 is 0 Å². The Morgan fingerprint density at radius 1 is 1.44 bits per heavy atom. The predicted octanol–water partition coefficient (Wildman–Crippen LogP) is -4.22. The molecule has 1 rings (SSSR count). The average Bonchev–Trinajstić information content (AvgIpc) is 1.91. The summed E-state index contributed by atoms with van der Waals surface area (Å²) in [6.07, 6.45) is 5.57. The summed E-state index contributed by atoms with van der Waals surface area (Å²) in [6, 6.07) is 0. The molecule has 0 aromatic carbocycles. The van der Waals surface area contributed by atoms with Crippen LogP contribution < -0.4 is 24.8 Å². The van der Waals surface area contributed by atoms with E-state index in [-0.39, 0.29) is 24.8 Å². The summed E-state index contributed by atoms with van der Waals surface area (Å²) in [7, 11) is 0. The molecule has 0 aliphatic heterocycles. The van der Waals surface area contributed by atoms with Gasteiger partial charge in [-0.15, -0.1) is 0 Å². The first-order valence-electron chi connectivity index (χ1n) is 2.31. The van der Waals surface area contributed by atoms with E-state index in [1.807, 2.05) is 18.6 Å². The largest absolute Gasteiger partial charge is 1.00 e. The number of allylic oxidation sites excluding steroid dienone is 4. The van der Waals surface area contributed by atoms with E-state index in [0.29, 0.717) is 0 Å². The summed E-state index contributed by atoms with van der Waals surface area (Å²) in [5.41, 5.74) is 1.46. The van der Waals surface area contributed by atoms with Crippen molar-refractivity contribution in [2.75, 3.05) is 0 Å². The summed E-state index contributed by atoms with van der Waals surface area (Å²) in [5.74, 6) is 0. The van der Waals surface area contributed by atoms with E-state index in [1.165, 1.54) is 12.0 Å². The smallest absolute Gasteiger partial charge is 1.00 e. The van der Waals surface area contributed by atoms with Crippen LogP contribution in [0, 0.1) is 0 Å². The number of hydrogen-bond acceptors (Lipinski definition) is 0. The number of halogens is 2. The third kappa shape index (κ3) is 3.41. The summed E-state index contributed by atoms with van der Waals surface area (Å²) in [4.78, 5) is 0. The molecule has 53 valence electrons. The zero-order valence-electron chi connectivity index (χ0n) is 4.97. The van der Waals surface area contributed by atoms with Crippen molar-refractivity contribution in [3.8, 4) is 0 Å². The Labute approximate surface area is 78.5 Å².